The Morgan fingerprint density at radius 3 is 2.44 bits per heavy atom. The van der Waals surface area contributed by atoms with Gasteiger partial charge in [-0.15, -0.1) is 0 Å². The van der Waals surface area contributed by atoms with Crippen molar-refractivity contribution in [3.8, 4) is 11.4 Å². The summed E-state index contributed by atoms with van der Waals surface area (Å²) in [6, 6.07) is 7.95. The molecule has 1 saturated heterocycles. The lowest BCUT2D eigenvalue weighted by molar-refractivity contribution is -0.137. The first-order valence-electron chi connectivity index (χ1n) is 10.6. The maximum atomic E-state index is 13.1. The summed E-state index contributed by atoms with van der Waals surface area (Å²) in [5, 5.41) is 0.528. The van der Waals surface area contributed by atoms with Crippen molar-refractivity contribution in [1.82, 2.24) is 24.8 Å². The molecule has 1 aliphatic rings. The van der Waals surface area contributed by atoms with Crippen LogP contribution in [0.1, 0.15) is 15.9 Å². The van der Waals surface area contributed by atoms with Gasteiger partial charge >= 0.3 is 6.18 Å². The summed E-state index contributed by atoms with van der Waals surface area (Å²) in [7, 11) is 2.00. The van der Waals surface area contributed by atoms with Crippen LogP contribution in [0.4, 0.5) is 18.9 Å². The first-order valence-corrected chi connectivity index (χ1v) is 10.6. The quantitative estimate of drug-likeness (QED) is 0.417. The van der Waals surface area contributed by atoms with Crippen molar-refractivity contribution in [3.63, 3.8) is 0 Å². The number of amides is 1. The van der Waals surface area contributed by atoms with E-state index in [4.69, 9.17) is 5.73 Å². The standard InChI is InChI=1S/C23H21F3N6O2/c1-31-6-8-32(9-7-31)22(34)12-2-4-15-14(10-12)18(27)19(28-15)20-21(33)30-16-5-3-13(23(24,25)26)11-17(16)29-20/h2-5,10-11,28H,6-9,27H2,1H3,(H,30,33). The Balaban J connectivity index is 1.56. The van der Waals surface area contributed by atoms with Crippen molar-refractivity contribution in [2.75, 3.05) is 39.0 Å². The second-order valence-electron chi connectivity index (χ2n) is 8.41. The minimum atomic E-state index is -4.54. The molecule has 0 saturated carbocycles. The van der Waals surface area contributed by atoms with E-state index < -0.39 is 17.3 Å². The van der Waals surface area contributed by atoms with Crippen LogP contribution in [0.15, 0.2) is 41.2 Å². The number of anilines is 1. The van der Waals surface area contributed by atoms with E-state index in [-0.39, 0.29) is 34.0 Å². The molecule has 0 spiro atoms. The molecule has 1 fully saturated rings. The Morgan fingerprint density at radius 1 is 1.03 bits per heavy atom. The number of alkyl halides is 3. The van der Waals surface area contributed by atoms with Crippen molar-refractivity contribution in [3.05, 3.63) is 57.9 Å². The van der Waals surface area contributed by atoms with Gasteiger partial charge < -0.3 is 25.5 Å². The van der Waals surface area contributed by atoms with Crippen LogP contribution in [0.25, 0.3) is 33.3 Å². The van der Waals surface area contributed by atoms with Crippen molar-refractivity contribution >= 4 is 33.5 Å². The Labute approximate surface area is 191 Å². The second-order valence-corrected chi connectivity index (χ2v) is 8.41. The minimum absolute atomic E-state index is 0.0200. The number of hydrogen-bond donors (Lipinski definition) is 3. The molecule has 1 amide bonds. The SMILES string of the molecule is CN1CCN(C(=O)c2ccc3[nH]c(-c4nc5cc(C(F)(F)F)ccc5[nH]c4=O)c(N)c3c2)CC1. The van der Waals surface area contributed by atoms with E-state index in [0.717, 1.165) is 25.2 Å². The third-order valence-electron chi connectivity index (χ3n) is 6.13. The van der Waals surface area contributed by atoms with Crippen LogP contribution in [0.2, 0.25) is 0 Å². The normalized spacial score (nSPS) is 15.4. The van der Waals surface area contributed by atoms with E-state index in [1.54, 1.807) is 23.1 Å². The van der Waals surface area contributed by atoms with Crippen LogP contribution in [0.3, 0.4) is 0 Å². The van der Waals surface area contributed by atoms with Crippen LogP contribution in [0.5, 0.6) is 0 Å². The molecule has 11 heteroatoms. The summed E-state index contributed by atoms with van der Waals surface area (Å²) >= 11 is 0. The van der Waals surface area contributed by atoms with Crippen LogP contribution >= 0.6 is 0 Å². The molecular weight excluding hydrogens is 449 g/mol. The molecule has 0 radical (unpaired) electrons. The van der Waals surface area contributed by atoms with Gasteiger partial charge in [-0.1, -0.05) is 0 Å². The summed E-state index contributed by atoms with van der Waals surface area (Å²) in [6.07, 6.45) is -4.54. The molecule has 176 valence electrons. The molecule has 0 aliphatic carbocycles. The number of benzene rings is 2. The number of nitrogens with zero attached hydrogens (tertiary/aromatic N) is 3. The predicted octanol–water partition coefficient (Wildman–Crippen LogP) is 3.06. The molecule has 0 atom stereocenters. The second kappa shape index (κ2) is 7.87. The Morgan fingerprint density at radius 2 is 1.74 bits per heavy atom. The number of nitrogens with two attached hydrogens (primary N) is 1. The number of hydrogen-bond acceptors (Lipinski definition) is 5. The molecule has 5 rings (SSSR count). The highest BCUT2D eigenvalue weighted by Crippen LogP contribution is 2.33. The number of carbonyl (C=O) groups is 1. The number of carbonyl (C=O) groups excluding carboxylic acids is 1. The molecule has 4 aromatic rings. The highest BCUT2D eigenvalue weighted by atomic mass is 19.4. The number of halogens is 3. The fraction of sp³-hybridized carbons (Fsp3) is 0.261. The van der Waals surface area contributed by atoms with E-state index in [1.807, 2.05) is 7.05 Å². The van der Waals surface area contributed by atoms with Gasteiger partial charge in [0.25, 0.3) is 11.5 Å². The number of aromatic nitrogens is 3. The molecule has 8 nitrogen and oxygen atoms in total. The van der Waals surface area contributed by atoms with E-state index in [0.29, 0.717) is 29.6 Å². The van der Waals surface area contributed by atoms with E-state index >= 15 is 0 Å². The van der Waals surface area contributed by atoms with Crippen molar-refractivity contribution in [2.24, 2.45) is 0 Å². The lowest BCUT2D eigenvalue weighted by Crippen LogP contribution is -2.47. The van der Waals surface area contributed by atoms with Gasteiger partial charge in [0.15, 0.2) is 5.69 Å². The lowest BCUT2D eigenvalue weighted by atomic mass is 10.1. The Hall–Kier alpha value is -3.86. The van der Waals surface area contributed by atoms with Crippen molar-refractivity contribution in [1.29, 1.82) is 0 Å². The first-order chi connectivity index (χ1) is 16.1. The molecule has 4 N–H and O–H groups in total. The average Bonchev–Trinajstić information content (AvgIpc) is 3.13. The fourth-order valence-electron chi connectivity index (χ4n) is 4.15. The van der Waals surface area contributed by atoms with Crippen LogP contribution in [0, 0.1) is 0 Å². The molecule has 34 heavy (non-hydrogen) atoms. The maximum Gasteiger partial charge on any atom is 0.416 e. The zero-order valence-electron chi connectivity index (χ0n) is 18.2. The summed E-state index contributed by atoms with van der Waals surface area (Å²) in [6.45, 7) is 2.82. The molecule has 3 heterocycles. The minimum Gasteiger partial charge on any atom is -0.396 e. The summed E-state index contributed by atoms with van der Waals surface area (Å²) in [5.41, 5.74) is 6.27. The predicted molar refractivity (Wildman–Crippen MR) is 122 cm³/mol. The van der Waals surface area contributed by atoms with Gasteiger partial charge in [0.2, 0.25) is 0 Å². The van der Waals surface area contributed by atoms with Gasteiger partial charge in [-0.2, -0.15) is 13.2 Å². The van der Waals surface area contributed by atoms with Crippen molar-refractivity contribution < 1.29 is 18.0 Å². The van der Waals surface area contributed by atoms with E-state index in [1.165, 1.54) is 6.07 Å². The number of piperazine rings is 1. The number of fused-ring (bicyclic) bond motifs is 2. The van der Waals surface area contributed by atoms with Gasteiger partial charge in [-0.25, -0.2) is 4.98 Å². The number of rotatable bonds is 2. The van der Waals surface area contributed by atoms with E-state index in [9.17, 15) is 22.8 Å². The van der Waals surface area contributed by atoms with Gasteiger partial charge in [0.1, 0.15) is 0 Å². The zero-order valence-corrected chi connectivity index (χ0v) is 18.2. The van der Waals surface area contributed by atoms with Gasteiger partial charge in [-0.3, -0.25) is 9.59 Å². The third-order valence-corrected chi connectivity index (χ3v) is 6.13. The highest BCUT2D eigenvalue weighted by molar-refractivity contribution is 6.04. The van der Waals surface area contributed by atoms with Gasteiger partial charge in [0, 0.05) is 42.6 Å². The largest absolute Gasteiger partial charge is 0.416 e. The van der Waals surface area contributed by atoms with Crippen LogP contribution < -0.4 is 11.3 Å². The molecule has 2 aromatic heterocycles. The fourth-order valence-corrected chi connectivity index (χ4v) is 4.15. The van der Waals surface area contributed by atoms with Gasteiger partial charge in [0.05, 0.1) is 28.0 Å². The maximum absolute atomic E-state index is 13.1. The smallest absolute Gasteiger partial charge is 0.396 e. The number of nitrogen functional groups attached to an aromatic ring is 1. The molecule has 2 aromatic carbocycles. The van der Waals surface area contributed by atoms with Gasteiger partial charge in [-0.05, 0) is 43.4 Å². The summed E-state index contributed by atoms with van der Waals surface area (Å²) in [4.78, 5) is 39.3. The van der Waals surface area contributed by atoms with E-state index in [2.05, 4.69) is 19.9 Å². The first kappa shape index (κ1) is 22.0. The Bertz CT molecular complexity index is 1480. The average molecular weight is 470 g/mol. The summed E-state index contributed by atoms with van der Waals surface area (Å²) in [5.74, 6) is -0.112. The third kappa shape index (κ3) is 3.77. The number of nitrogens with one attached hydrogen (secondary N) is 2. The number of aromatic amines is 2. The lowest BCUT2D eigenvalue weighted by Gasteiger charge is -2.32. The zero-order chi connectivity index (χ0) is 24.2. The Kier molecular flexibility index (Phi) is 5.08. The topological polar surface area (TPSA) is 111 Å². The molecule has 0 unspecified atom stereocenters. The molecule has 0 bridgehead atoms. The van der Waals surface area contributed by atoms with Crippen LogP contribution in [-0.2, 0) is 6.18 Å². The van der Waals surface area contributed by atoms with Crippen molar-refractivity contribution in [2.45, 2.75) is 6.18 Å². The number of likely N-dealkylation sites (N-methyl/N-ethyl adjacent to an activating group) is 1. The number of H-pyrrole nitrogens is 2. The van der Waals surface area contributed by atoms with Crippen LogP contribution in [-0.4, -0.2) is 63.9 Å². The molecule has 1 aliphatic heterocycles. The monoisotopic (exact) mass is 470 g/mol. The summed E-state index contributed by atoms with van der Waals surface area (Å²) < 4.78 is 39.4. The molecular formula is C23H21F3N6O2. The highest BCUT2D eigenvalue weighted by Gasteiger charge is 2.31.